The van der Waals surface area contributed by atoms with E-state index in [0.717, 1.165) is 9.90 Å². The number of carbonyl (C=O) groups excluding carboxylic acids is 1. The number of thioether (sulfide) groups is 1. The summed E-state index contributed by atoms with van der Waals surface area (Å²) in [5.74, 6) is 0.352. The number of nitrogens with zero attached hydrogens (tertiary/aromatic N) is 2. The second kappa shape index (κ2) is 6.89. The number of aromatic nitrogens is 2. The number of fused-ring (bicyclic) bond motifs is 1. The molecule has 0 aliphatic heterocycles. The minimum Gasteiger partial charge on any atom is -0.349 e. The maximum Gasteiger partial charge on any atom is 0.230 e. The number of hydrogen-bond acceptors (Lipinski definition) is 5. The van der Waals surface area contributed by atoms with E-state index in [1.165, 1.54) is 33.9 Å². The highest BCUT2D eigenvalue weighted by Crippen LogP contribution is 2.24. The number of amides is 1. The summed E-state index contributed by atoms with van der Waals surface area (Å²) >= 11 is 2.85. The number of hydrogen-bond donors (Lipinski definition) is 1. The Hall–Kier alpha value is -1.92. The molecular formula is C16H15N3OS2. The van der Waals surface area contributed by atoms with Gasteiger partial charge in [0.1, 0.15) is 5.51 Å². The number of nitrogens with one attached hydrogen (secondary N) is 1. The van der Waals surface area contributed by atoms with E-state index in [1.54, 1.807) is 5.51 Å². The zero-order chi connectivity index (χ0) is 15.4. The Morgan fingerprint density at radius 1 is 1.27 bits per heavy atom. The molecule has 22 heavy (non-hydrogen) atoms. The molecule has 0 saturated heterocycles. The van der Waals surface area contributed by atoms with Crippen LogP contribution in [0.1, 0.15) is 18.5 Å². The molecule has 0 fully saturated rings. The summed E-state index contributed by atoms with van der Waals surface area (Å²) in [5, 5.41) is 13.1. The quantitative estimate of drug-likeness (QED) is 0.726. The van der Waals surface area contributed by atoms with Crippen molar-refractivity contribution >= 4 is 39.8 Å². The second-order valence-electron chi connectivity index (χ2n) is 4.85. The summed E-state index contributed by atoms with van der Waals surface area (Å²) in [7, 11) is 0. The van der Waals surface area contributed by atoms with Crippen LogP contribution in [0.4, 0.5) is 0 Å². The lowest BCUT2D eigenvalue weighted by atomic mass is 10.00. The molecule has 112 valence electrons. The fourth-order valence-corrected chi connectivity index (χ4v) is 3.64. The highest BCUT2D eigenvalue weighted by atomic mass is 32.2. The van der Waals surface area contributed by atoms with Crippen molar-refractivity contribution in [2.75, 3.05) is 5.75 Å². The molecule has 0 spiro atoms. The minimum absolute atomic E-state index is 0.000587. The predicted molar refractivity (Wildman–Crippen MR) is 91.1 cm³/mol. The fraction of sp³-hybridized carbons (Fsp3) is 0.188. The van der Waals surface area contributed by atoms with Gasteiger partial charge in [0.2, 0.25) is 5.91 Å². The summed E-state index contributed by atoms with van der Waals surface area (Å²) in [5.41, 5.74) is 2.80. The number of benzene rings is 2. The van der Waals surface area contributed by atoms with Crippen molar-refractivity contribution in [1.82, 2.24) is 15.5 Å². The van der Waals surface area contributed by atoms with Crippen LogP contribution in [0, 0.1) is 0 Å². The molecular weight excluding hydrogens is 314 g/mol. The molecule has 3 rings (SSSR count). The summed E-state index contributed by atoms with van der Waals surface area (Å²) < 4.78 is 0.813. The van der Waals surface area contributed by atoms with Gasteiger partial charge in [-0.1, -0.05) is 65.6 Å². The third-order valence-corrected chi connectivity index (χ3v) is 5.19. The van der Waals surface area contributed by atoms with E-state index in [1.807, 2.05) is 25.1 Å². The summed E-state index contributed by atoms with van der Waals surface area (Å²) in [6.07, 6.45) is 0. The molecule has 0 unspecified atom stereocenters. The molecule has 0 aliphatic carbocycles. The second-order valence-corrected chi connectivity index (χ2v) is 6.91. The monoisotopic (exact) mass is 329 g/mol. The molecule has 0 aliphatic rings. The van der Waals surface area contributed by atoms with E-state index < -0.39 is 0 Å². The number of rotatable bonds is 5. The van der Waals surface area contributed by atoms with E-state index in [0.29, 0.717) is 5.75 Å². The van der Waals surface area contributed by atoms with Crippen molar-refractivity contribution in [1.29, 1.82) is 0 Å². The Kier molecular flexibility index (Phi) is 4.70. The third-order valence-electron chi connectivity index (χ3n) is 3.33. The van der Waals surface area contributed by atoms with E-state index in [2.05, 4.69) is 39.8 Å². The standard InChI is InChI=1S/C16H15N3OS2/c1-11(18-15(20)9-21-16-19-17-10-22-16)13-8-4-6-12-5-2-3-7-14(12)13/h2-8,10-11H,9H2,1H3,(H,18,20)/t11-/m1/s1. The molecule has 4 nitrogen and oxygen atoms in total. The highest BCUT2D eigenvalue weighted by molar-refractivity contribution is 8.01. The van der Waals surface area contributed by atoms with Gasteiger partial charge in [0.25, 0.3) is 0 Å². The van der Waals surface area contributed by atoms with Gasteiger partial charge in [-0.25, -0.2) is 0 Å². The van der Waals surface area contributed by atoms with Crippen molar-refractivity contribution in [2.45, 2.75) is 17.3 Å². The molecule has 0 saturated carbocycles. The molecule has 1 atom stereocenters. The van der Waals surface area contributed by atoms with Crippen LogP contribution in [-0.2, 0) is 4.79 Å². The maximum absolute atomic E-state index is 12.1. The van der Waals surface area contributed by atoms with Crippen LogP contribution < -0.4 is 5.32 Å². The van der Waals surface area contributed by atoms with Crippen molar-refractivity contribution in [3.63, 3.8) is 0 Å². The summed E-state index contributed by atoms with van der Waals surface area (Å²) in [6, 6.07) is 14.3. The first-order chi connectivity index (χ1) is 10.7. The Balaban J connectivity index is 1.68. The Morgan fingerprint density at radius 3 is 2.91 bits per heavy atom. The van der Waals surface area contributed by atoms with Gasteiger partial charge in [-0.15, -0.1) is 10.2 Å². The van der Waals surface area contributed by atoms with E-state index >= 15 is 0 Å². The normalized spacial score (nSPS) is 12.2. The molecule has 6 heteroatoms. The first-order valence-electron chi connectivity index (χ1n) is 6.90. The highest BCUT2D eigenvalue weighted by Gasteiger charge is 2.13. The Labute approximate surface area is 137 Å². The van der Waals surface area contributed by atoms with Crippen molar-refractivity contribution < 1.29 is 4.79 Å². The van der Waals surface area contributed by atoms with Gasteiger partial charge in [-0.3, -0.25) is 4.79 Å². The van der Waals surface area contributed by atoms with Crippen LogP contribution >= 0.6 is 23.1 Å². The van der Waals surface area contributed by atoms with Gasteiger partial charge < -0.3 is 5.32 Å². The van der Waals surface area contributed by atoms with Crippen LogP contribution in [0.15, 0.2) is 52.3 Å². The molecule has 1 amide bonds. The zero-order valence-electron chi connectivity index (χ0n) is 12.0. The molecule has 1 heterocycles. The van der Waals surface area contributed by atoms with Crippen LogP contribution in [-0.4, -0.2) is 21.9 Å². The van der Waals surface area contributed by atoms with Crippen LogP contribution in [0.5, 0.6) is 0 Å². The van der Waals surface area contributed by atoms with Gasteiger partial charge >= 0.3 is 0 Å². The predicted octanol–water partition coefficient (Wildman–Crippen LogP) is 3.66. The van der Waals surface area contributed by atoms with E-state index in [9.17, 15) is 4.79 Å². The fourth-order valence-electron chi connectivity index (χ4n) is 2.34. The van der Waals surface area contributed by atoms with Crippen molar-refractivity contribution in [3.05, 3.63) is 53.5 Å². The topological polar surface area (TPSA) is 54.9 Å². The summed E-state index contributed by atoms with van der Waals surface area (Å²) in [6.45, 7) is 2.01. The van der Waals surface area contributed by atoms with Gasteiger partial charge in [0.15, 0.2) is 4.34 Å². The lowest BCUT2D eigenvalue weighted by Crippen LogP contribution is -2.28. The van der Waals surface area contributed by atoms with E-state index in [4.69, 9.17) is 0 Å². The Bertz CT molecular complexity index is 769. The van der Waals surface area contributed by atoms with Crippen molar-refractivity contribution in [3.8, 4) is 0 Å². The van der Waals surface area contributed by atoms with Crippen molar-refractivity contribution in [2.24, 2.45) is 0 Å². The number of carbonyl (C=O) groups is 1. The van der Waals surface area contributed by atoms with Crippen LogP contribution in [0.3, 0.4) is 0 Å². The van der Waals surface area contributed by atoms with Crippen LogP contribution in [0.25, 0.3) is 10.8 Å². The Morgan fingerprint density at radius 2 is 2.09 bits per heavy atom. The average molecular weight is 329 g/mol. The molecule has 1 N–H and O–H groups in total. The molecule has 1 aromatic heterocycles. The lowest BCUT2D eigenvalue weighted by Gasteiger charge is -2.16. The average Bonchev–Trinajstić information content (AvgIpc) is 3.06. The molecule has 3 aromatic rings. The van der Waals surface area contributed by atoms with Crippen LogP contribution in [0.2, 0.25) is 0 Å². The largest absolute Gasteiger partial charge is 0.349 e. The first kappa shape index (κ1) is 15.0. The molecule has 0 radical (unpaired) electrons. The van der Waals surface area contributed by atoms with Gasteiger partial charge in [-0.2, -0.15) is 0 Å². The minimum atomic E-state index is -0.0337. The van der Waals surface area contributed by atoms with Gasteiger partial charge in [-0.05, 0) is 23.3 Å². The van der Waals surface area contributed by atoms with E-state index in [-0.39, 0.29) is 11.9 Å². The lowest BCUT2D eigenvalue weighted by molar-refractivity contribution is -0.119. The molecule has 2 aromatic carbocycles. The SMILES string of the molecule is C[C@@H](NC(=O)CSc1nncs1)c1cccc2ccccc12. The first-order valence-corrected chi connectivity index (χ1v) is 8.76. The van der Waals surface area contributed by atoms with Gasteiger partial charge in [0.05, 0.1) is 11.8 Å². The third kappa shape index (κ3) is 3.45. The molecule has 0 bridgehead atoms. The zero-order valence-corrected chi connectivity index (χ0v) is 13.7. The summed E-state index contributed by atoms with van der Waals surface area (Å²) in [4.78, 5) is 12.1. The smallest absolute Gasteiger partial charge is 0.230 e. The maximum atomic E-state index is 12.1. The van der Waals surface area contributed by atoms with Gasteiger partial charge in [0, 0.05) is 0 Å².